The van der Waals surface area contributed by atoms with Crippen molar-refractivity contribution < 1.29 is 0 Å². The van der Waals surface area contributed by atoms with E-state index in [1.165, 1.54) is 32.5 Å². The minimum atomic E-state index is 0.198. The van der Waals surface area contributed by atoms with E-state index in [1.807, 2.05) is 0 Å². The Morgan fingerprint density at radius 3 is 2.47 bits per heavy atom. The zero-order chi connectivity index (χ0) is 11.3. The minimum Gasteiger partial charge on any atom is -0.304 e. The van der Waals surface area contributed by atoms with Crippen molar-refractivity contribution in [3.05, 3.63) is 0 Å². The lowest BCUT2D eigenvalue weighted by Crippen LogP contribution is -2.44. The third-order valence-electron chi connectivity index (χ3n) is 3.55. The molecule has 0 aliphatic carbocycles. The molecule has 0 aromatic rings. The van der Waals surface area contributed by atoms with Crippen LogP contribution >= 0.6 is 0 Å². The summed E-state index contributed by atoms with van der Waals surface area (Å²) in [6.07, 6.45) is 7.98. The molecule has 0 radical (unpaired) electrons. The molecule has 2 atom stereocenters. The Hall–Kier alpha value is -0.520. The van der Waals surface area contributed by atoms with Crippen LogP contribution in [0, 0.1) is 18.3 Å². The topological polar surface area (TPSA) is 15.3 Å². The van der Waals surface area contributed by atoms with Crippen molar-refractivity contribution in [1.29, 1.82) is 0 Å². The van der Waals surface area contributed by atoms with Crippen LogP contribution in [-0.4, -0.2) is 36.6 Å². The predicted octanol–water partition coefficient (Wildman–Crippen LogP) is 1.72. The van der Waals surface area contributed by atoms with Gasteiger partial charge in [-0.05, 0) is 52.2 Å². The normalized spacial score (nSPS) is 23.3. The van der Waals surface area contributed by atoms with Gasteiger partial charge in [0.2, 0.25) is 0 Å². The van der Waals surface area contributed by atoms with E-state index in [2.05, 4.69) is 36.9 Å². The van der Waals surface area contributed by atoms with E-state index >= 15 is 0 Å². The van der Waals surface area contributed by atoms with Gasteiger partial charge < -0.3 is 10.2 Å². The fraction of sp³-hybridized carbons (Fsp3) is 0.846. The van der Waals surface area contributed by atoms with Crippen LogP contribution in [0.3, 0.4) is 0 Å². The first-order chi connectivity index (χ1) is 7.17. The van der Waals surface area contributed by atoms with Crippen molar-refractivity contribution in [2.24, 2.45) is 5.92 Å². The van der Waals surface area contributed by atoms with E-state index in [0.29, 0.717) is 6.04 Å². The number of terminal acetylenes is 1. The molecule has 0 bridgehead atoms. The molecule has 1 saturated heterocycles. The molecule has 0 amide bonds. The molecule has 0 aromatic carbocycles. The lowest BCUT2D eigenvalue weighted by molar-refractivity contribution is 0.167. The standard InChI is InChI=1S/C13H24N2/c1-5-11(3)14-12(4)13-7-9-15(6-2)10-8-13/h1,11-14H,6-10H2,2-4H3. The molecule has 1 heterocycles. The van der Waals surface area contributed by atoms with E-state index in [9.17, 15) is 0 Å². The van der Waals surface area contributed by atoms with Gasteiger partial charge in [0.25, 0.3) is 0 Å². The average Bonchev–Trinajstić information content (AvgIpc) is 2.29. The summed E-state index contributed by atoms with van der Waals surface area (Å²) in [6.45, 7) is 10.2. The SMILES string of the molecule is C#CC(C)NC(C)C1CCN(CC)CC1. The van der Waals surface area contributed by atoms with Crippen LogP contribution in [0.4, 0.5) is 0 Å². The van der Waals surface area contributed by atoms with Crippen LogP contribution in [0.25, 0.3) is 0 Å². The second kappa shape index (κ2) is 6.15. The number of nitrogens with one attached hydrogen (secondary N) is 1. The number of nitrogens with zero attached hydrogens (tertiary/aromatic N) is 1. The molecule has 0 spiro atoms. The number of likely N-dealkylation sites (tertiary alicyclic amines) is 1. The Morgan fingerprint density at radius 1 is 1.40 bits per heavy atom. The Labute approximate surface area is 94.4 Å². The fourth-order valence-corrected chi connectivity index (χ4v) is 2.35. The van der Waals surface area contributed by atoms with Crippen LogP contribution in [0.2, 0.25) is 0 Å². The summed E-state index contributed by atoms with van der Waals surface area (Å²) >= 11 is 0. The first-order valence-electron chi connectivity index (χ1n) is 6.12. The molecular formula is C13H24N2. The van der Waals surface area contributed by atoms with Gasteiger partial charge >= 0.3 is 0 Å². The first-order valence-corrected chi connectivity index (χ1v) is 6.12. The Kier molecular flexibility index (Phi) is 5.14. The second-order valence-corrected chi connectivity index (χ2v) is 4.62. The third-order valence-corrected chi connectivity index (χ3v) is 3.55. The van der Waals surface area contributed by atoms with Gasteiger partial charge in [0.05, 0.1) is 6.04 Å². The first kappa shape index (κ1) is 12.5. The summed E-state index contributed by atoms with van der Waals surface area (Å²) < 4.78 is 0. The van der Waals surface area contributed by atoms with Crippen molar-refractivity contribution in [3.63, 3.8) is 0 Å². The second-order valence-electron chi connectivity index (χ2n) is 4.62. The average molecular weight is 208 g/mol. The molecule has 2 unspecified atom stereocenters. The van der Waals surface area contributed by atoms with Gasteiger partial charge in [-0.25, -0.2) is 0 Å². The summed E-state index contributed by atoms with van der Waals surface area (Å²) in [4.78, 5) is 2.52. The monoisotopic (exact) mass is 208 g/mol. The number of hydrogen-bond acceptors (Lipinski definition) is 2. The highest BCUT2D eigenvalue weighted by atomic mass is 15.1. The maximum atomic E-state index is 5.37. The summed E-state index contributed by atoms with van der Waals surface area (Å²) in [7, 11) is 0. The van der Waals surface area contributed by atoms with E-state index < -0.39 is 0 Å². The molecule has 1 rings (SSSR count). The summed E-state index contributed by atoms with van der Waals surface area (Å²) in [6, 6.07) is 0.749. The fourth-order valence-electron chi connectivity index (χ4n) is 2.35. The lowest BCUT2D eigenvalue weighted by Gasteiger charge is -2.35. The van der Waals surface area contributed by atoms with Crippen LogP contribution in [-0.2, 0) is 0 Å². The van der Waals surface area contributed by atoms with Crippen LogP contribution in [0.15, 0.2) is 0 Å². The Bertz CT molecular complexity index is 211. The zero-order valence-corrected chi connectivity index (χ0v) is 10.3. The van der Waals surface area contributed by atoms with Crippen LogP contribution in [0.5, 0.6) is 0 Å². The maximum absolute atomic E-state index is 5.37. The van der Waals surface area contributed by atoms with Crippen LogP contribution < -0.4 is 5.32 Å². The summed E-state index contributed by atoms with van der Waals surface area (Å²) in [5.74, 6) is 3.53. The number of hydrogen-bond donors (Lipinski definition) is 1. The van der Waals surface area contributed by atoms with Gasteiger partial charge in [-0.3, -0.25) is 0 Å². The van der Waals surface area contributed by atoms with E-state index in [1.54, 1.807) is 0 Å². The van der Waals surface area contributed by atoms with Crippen molar-refractivity contribution >= 4 is 0 Å². The van der Waals surface area contributed by atoms with Gasteiger partial charge in [-0.1, -0.05) is 12.8 Å². The molecule has 1 N–H and O–H groups in total. The maximum Gasteiger partial charge on any atom is 0.0660 e. The van der Waals surface area contributed by atoms with Crippen molar-refractivity contribution in [1.82, 2.24) is 10.2 Å². The number of rotatable bonds is 4. The van der Waals surface area contributed by atoms with E-state index in [-0.39, 0.29) is 6.04 Å². The van der Waals surface area contributed by atoms with Gasteiger partial charge in [-0.15, -0.1) is 6.42 Å². The molecular weight excluding hydrogens is 184 g/mol. The quantitative estimate of drug-likeness (QED) is 0.708. The van der Waals surface area contributed by atoms with Gasteiger partial charge in [-0.2, -0.15) is 0 Å². The molecule has 86 valence electrons. The number of piperidine rings is 1. The molecule has 0 aromatic heterocycles. The van der Waals surface area contributed by atoms with Gasteiger partial charge in [0, 0.05) is 6.04 Å². The third kappa shape index (κ3) is 3.85. The van der Waals surface area contributed by atoms with Gasteiger partial charge in [0.15, 0.2) is 0 Å². The summed E-state index contributed by atoms with van der Waals surface area (Å²) in [5.41, 5.74) is 0. The lowest BCUT2D eigenvalue weighted by atomic mass is 9.90. The van der Waals surface area contributed by atoms with Crippen molar-refractivity contribution in [2.75, 3.05) is 19.6 Å². The molecule has 2 heteroatoms. The smallest absolute Gasteiger partial charge is 0.0660 e. The molecule has 15 heavy (non-hydrogen) atoms. The largest absolute Gasteiger partial charge is 0.304 e. The van der Waals surface area contributed by atoms with Gasteiger partial charge in [0.1, 0.15) is 0 Å². The molecule has 2 nitrogen and oxygen atoms in total. The van der Waals surface area contributed by atoms with E-state index in [4.69, 9.17) is 6.42 Å². The molecule has 1 fully saturated rings. The predicted molar refractivity (Wildman–Crippen MR) is 65.7 cm³/mol. The Balaban J connectivity index is 2.30. The highest BCUT2D eigenvalue weighted by Gasteiger charge is 2.23. The highest BCUT2D eigenvalue weighted by molar-refractivity contribution is 4.97. The highest BCUT2D eigenvalue weighted by Crippen LogP contribution is 2.20. The Morgan fingerprint density at radius 2 is 2.00 bits per heavy atom. The van der Waals surface area contributed by atoms with Crippen molar-refractivity contribution in [2.45, 2.75) is 45.7 Å². The van der Waals surface area contributed by atoms with E-state index in [0.717, 1.165) is 5.92 Å². The van der Waals surface area contributed by atoms with Crippen LogP contribution in [0.1, 0.15) is 33.6 Å². The van der Waals surface area contributed by atoms with Crippen molar-refractivity contribution in [3.8, 4) is 12.3 Å². The zero-order valence-electron chi connectivity index (χ0n) is 10.3. The summed E-state index contributed by atoms with van der Waals surface area (Å²) in [5, 5.41) is 3.48. The molecule has 1 aliphatic heterocycles. The molecule has 1 aliphatic rings. The molecule has 0 saturated carbocycles. The minimum absolute atomic E-state index is 0.198.